The van der Waals surface area contributed by atoms with E-state index in [1.165, 1.54) is 6.07 Å². The minimum Gasteiger partial charge on any atom is -0.415 e. The van der Waals surface area contributed by atoms with E-state index in [1.807, 2.05) is 6.07 Å². The third-order valence-electron chi connectivity index (χ3n) is 1.44. The van der Waals surface area contributed by atoms with Crippen LogP contribution in [0.4, 0.5) is 0 Å². The number of ether oxygens (including phenoxy) is 1. The highest BCUT2D eigenvalue weighted by atomic mass is 32.1. The lowest BCUT2D eigenvalue weighted by Gasteiger charge is -2.03. The van der Waals surface area contributed by atoms with Gasteiger partial charge in [0.05, 0.1) is 0 Å². The molecular weight excluding hydrogens is 186 g/mol. The van der Waals surface area contributed by atoms with E-state index in [9.17, 15) is 4.79 Å². The summed E-state index contributed by atoms with van der Waals surface area (Å²) in [7, 11) is 0. The van der Waals surface area contributed by atoms with Crippen molar-refractivity contribution >= 4 is 18.6 Å². The zero-order valence-electron chi connectivity index (χ0n) is 6.73. The molecule has 66 valence electrons. The molecule has 0 aliphatic rings. The number of thiol groups is 1. The van der Waals surface area contributed by atoms with E-state index in [-0.39, 0.29) is 0 Å². The fourth-order valence-corrected chi connectivity index (χ4v) is 1.12. The smallest absolute Gasteiger partial charge is 0.415 e. The Morgan fingerprint density at radius 2 is 2.23 bits per heavy atom. The molecule has 0 heterocycles. The Kier molecular flexibility index (Phi) is 3.35. The van der Waals surface area contributed by atoms with Crippen LogP contribution >= 0.6 is 12.6 Å². The standard InChI is InChI=1S/C9H7NO2S/c10-5-9(11)12-8-4-2-1-3-7(8)6-13/h1-4,13H,6H2. The summed E-state index contributed by atoms with van der Waals surface area (Å²) in [5, 5.41) is 8.22. The van der Waals surface area contributed by atoms with Crippen molar-refractivity contribution in [2.45, 2.75) is 5.75 Å². The van der Waals surface area contributed by atoms with Gasteiger partial charge in [0, 0.05) is 11.3 Å². The van der Waals surface area contributed by atoms with Gasteiger partial charge in [0.15, 0.2) is 6.07 Å². The van der Waals surface area contributed by atoms with Crippen molar-refractivity contribution in [3.8, 4) is 11.8 Å². The number of rotatable bonds is 2. The second-order valence-electron chi connectivity index (χ2n) is 2.27. The number of benzene rings is 1. The van der Waals surface area contributed by atoms with Gasteiger partial charge in [0.1, 0.15) is 5.75 Å². The van der Waals surface area contributed by atoms with Crippen LogP contribution < -0.4 is 4.74 Å². The fourth-order valence-electron chi connectivity index (χ4n) is 0.857. The van der Waals surface area contributed by atoms with Gasteiger partial charge in [-0.25, -0.2) is 4.79 Å². The third kappa shape index (κ3) is 2.49. The zero-order chi connectivity index (χ0) is 9.68. The molecular formula is C9H7NO2S. The molecule has 3 nitrogen and oxygen atoms in total. The van der Waals surface area contributed by atoms with E-state index >= 15 is 0 Å². The number of carbonyl (C=O) groups is 1. The summed E-state index contributed by atoms with van der Waals surface area (Å²) in [5.41, 5.74) is 0.787. The summed E-state index contributed by atoms with van der Waals surface area (Å²) in [6.45, 7) is 0. The lowest BCUT2D eigenvalue weighted by molar-refractivity contribution is -0.128. The molecule has 4 heteroatoms. The molecule has 0 aliphatic carbocycles. The maximum absolute atomic E-state index is 10.6. The van der Waals surface area contributed by atoms with Crippen LogP contribution in [-0.2, 0) is 10.5 Å². The Labute approximate surface area is 81.3 Å². The first-order valence-corrected chi connectivity index (χ1v) is 4.22. The molecule has 0 aromatic heterocycles. The van der Waals surface area contributed by atoms with E-state index in [0.29, 0.717) is 11.5 Å². The van der Waals surface area contributed by atoms with Crippen molar-refractivity contribution in [2.24, 2.45) is 0 Å². The van der Waals surface area contributed by atoms with Gasteiger partial charge in [0.2, 0.25) is 0 Å². The van der Waals surface area contributed by atoms with Crippen LogP contribution in [0.1, 0.15) is 5.56 Å². The molecule has 0 radical (unpaired) electrons. The minimum absolute atomic E-state index is 0.393. The van der Waals surface area contributed by atoms with Crippen LogP contribution in [-0.4, -0.2) is 5.97 Å². The van der Waals surface area contributed by atoms with Crippen LogP contribution in [0.5, 0.6) is 5.75 Å². The Hall–Kier alpha value is -1.47. The second kappa shape index (κ2) is 4.53. The maximum atomic E-state index is 10.6. The molecule has 0 fully saturated rings. The summed E-state index contributed by atoms with van der Waals surface area (Å²) >= 11 is 4.06. The molecule has 0 spiro atoms. The van der Waals surface area contributed by atoms with Crippen LogP contribution in [0.2, 0.25) is 0 Å². The molecule has 1 aromatic carbocycles. The highest BCUT2D eigenvalue weighted by Crippen LogP contribution is 2.19. The first-order chi connectivity index (χ1) is 6.27. The monoisotopic (exact) mass is 193 g/mol. The molecule has 1 aromatic rings. The lowest BCUT2D eigenvalue weighted by atomic mass is 10.2. The van der Waals surface area contributed by atoms with Gasteiger partial charge in [-0.05, 0) is 6.07 Å². The van der Waals surface area contributed by atoms with E-state index in [0.717, 1.165) is 5.56 Å². The van der Waals surface area contributed by atoms with E-state index < -0.39 is 5.97 Å². The van der Waals surface area contributed by atoms with Gasteiger partial charge in [-0.3, -0.25) is 0 Å². The van der Waals surface area contributed by atoms with Crippen LogP contribution in [0.25, 0.3) is 0 Å². The Balaban J connectivity index is 2.88. The van der Waals surface area contributed by atoms with Gasteiger partial charge in [-0.2, -0.15) is 17.9 Å². The average molecular weight is 193 g/mol. The number of carbonyl (C=O) groups excluding carboxylic acids is 1. The third-order valence-corrected chi connectivity index (χ3v) is 1.78. The normalized spacial score (nSPS) is 8.92. The van der Waals surface area contributed by atoms with E-state index in [4.69, 9.17) is 10.00 Å². The number of hydrogen-bond donors (Lipinski definition) is 1. The summed E-state index contributed by atoms with van der Waals surface area (Å²) in [5.74, 6) is -0.0483. The Morgan fingerprint density at radius 3 is 2.85 bits per heavy atom. The van der Waals surface area contributed by atoms with Gasteiger partial charge in [0.25, 0.3) is 0 Å². The number of esters is 1. The molecule has 1 rings (SSSR count). The van der Waals surface area contributed by atoms with Crippen molar-refractivity contribution in [2.75, 3.05) is 0 Å². The number of para-hydroxylation sites is 1. The van der Waals surface area contributed by atoms with Gasteiger partial charge in [-0.1, -0.05) is 18.2 Å². The quantitative estimate of drug-likeness (QED) is 0.335. The predicted molar refractivity (Wildman–Crippen MR) is 50.4 cm³/mol. The molecule has 0 N–H and O–H groups in total. The van der Waals surface area contributed by atoms with Crippen molar-refractivity contribution < 1.29 is 9.53 Å². The van der Waals surface area contributed by atoms with Crippen molar-refractivity contribution in [3.63, 3.8) is 0 Å². The van der Waals surface area contributed by atoms with Crippen LogP contribution in [0.3, 0.4) is 0 Å². The molecule has 13 heavy (non-hydrogen) atoms. The molecule has 0 aliphatic heterocycles. The zero-order valence-corrected chi connectivity index (χ0v) is 7.62. The van der Waals surface area contributed by atoms with Crippen LogP contribution in [0.15, 0.2) is 24.3 Å². The van der Waals surface area contributed by atoms with Gasteiger partial charge < -0.3 is 4.74 Å². The second-order valence-corrected chi connectivity index (χ2v) is 2.58. The molecule has 0 bridgehead atoms. The number of nitriles is 1. The maximum Gasteiger partial charge on any atom is 0.416 e. The molecule has 0 unspecified atom stereocenters. The first-order valence-electron chi connectivity index (χ1n) is 3.58. The van der Waals surface area contributed by atoms with E-state index in [1.54, 1.807) is 18.2 Å². The first kappa shape index (κ1) is 9.62. The minimum atomic E-state index is -0.908. The predicted octanol–water partition coefficient (Wildman–Crippen LogP) is 1.55. The van der Waals surface area contributed by atoms with Crippen LogP contribution in [0, 0.1) is 11.3 Å². The fraction of sp³-hybridized carbons (Fsp3) is 0.111. The molecule has 0 atom stereocenters. The molecule has 0 amide bonds. The highest BCUT2D eigenvalue weighted by molar-refractivity contribution is 7.79. The SMILES string of the molecule is N#CC(=O)Oc1ccccc1CS. The topological polar surface area (TPSA) is 50.1 Å². The summed E-state index contributed by atoms with van der Waals surface area (Å²) in [4.78, 5) is 10.6. The number of hydrogen-bond acceptors (Lipinski definition) is 4. The van der Waals surface area contributed by atoms with Gasteiger partial charge >= 0.3 is 5.97 Å². The number of nitrogens with zero attached hydrogens (tertiary/aromatic N) is 1. The van der Waals surface area contributed by atoms with Gasteiger partial charge in [-0.15, -0.1) is 0 Å². The molecule has 0 saturated heterocycles. The summed E-state index contributed by atoms with van der Waals surface area (Å²) in [6.07, 6.45) is 0. The van der Waals surface area contributed by atoms with Crippen molar-refractivity contribution in [1.82, 2.24) is 0 Å². The lowest BCUT2D eigenvalue weighted by Crippen LogP contribution is -2.05. The summed E-state index contributed by atoms with van der Waals surface area (Å²) < 4.78 is 4.74. The largest absolute Gasteiger partial charge is 0.416 e. The van der Waals surface area contributed by atoms with Crippen molar-refractivity contribution in [1.29, 1.82) is 5.26 Å². The van der Waals surface area contributed by atoms with Crippen molar-refractivity contribution in [3.05, 3.63) is 29.8 Å². The highest BCUT2D eigenvalue weighted by Gasteiger charge is 2.05. The molecule has 0 saturated carbocycles. The Bertz CT molecular complexity index is 357. The average Bonchev–Trinajstić information content (AvgIpc) is 2.18. The summed E-state index contributed by atoms with van der Waals surface area (Å²) in [6, 6.07) is 8.33. The van der Waals surface area contributed by atoms with E-state index in [2.05, 4.69) is 12.6 Å². The Morgan fingerprint density at radius 1 is 1.54 bits per heavy atom.